The Morgan fingerprint density at radius 1 is 1.20 bits per heavy atom. The summed E-state index contributed by atoms with van der Waals surface area (Å²) in [6.07, 6.45) is 7.39. The van der Waals surface area contributed by atoms with Crippen LogP contribution in [0.4, 0.5) is 17.3 Å². The maximum absolute atomic E-state index is 12.8. The van der Waals surface area contributed by atoms with E-state index in [9.17, 15) is 4.79 Å². The summed E-state index contributed by atoms with van der Waals surface area (Å²) in [5.41, 5.74) is 1.81. The van der Waals surface area contributed by atoms with Gasteiger partial charge in [-0.05, 0) is 31.9 Å². The first-order chi connectivity index (χ1) is 12.1. The molecule has 4 rings (SSSR count). The summed E-state index contributed by atoms with van der Waals surface area (Å²) in [7, 11) is 1.91. The van der Waals surface area contributed by atoms with Crippen molar-refractivity contribution in [3.8, 4) is 0 Å². The number of likely N-dealkylation sites (N-methyl/N-ethyl adjacent to an activating group) is 1. The summed E-state index contributed by atoms with van der Waals surface area (Å²) in [4.78, 5) is 32.0. The average molecular weight is 338 g/mol. The molecule has 2 aliphatic rings. The second kappa shape index (κ2) is 6.31. The number of carbonyl (C=O) groups excluding carboxylic acids is 1. The van der Waals surface area contributed by atoms with Crippen molar-refractivity contribution < 1.29 is 4.79 Å². The van der Waals surface area contributed by atoms with Gasteiger partial charge < -0.3 is 14.7 Å². The Bertz CT molecular complexity index is 780. The van der Waals surface area contributed by atoms with Crippen molar-refractivity contribution >= 4 is 23.2 Å². The van der Waals surface area contributed by atoms with Crippen LogP contribution in [0.2, 0.25) is 0 Å². The first-order valence-electron chi connectivity index (χ1n) is 8.67. The monoisotopic (exact) mass is 338 g/mol. The first kappa shape index (κ1) is 15.8. The zero-order chi connectivity index (χ0) is 17.4. The number of carbonyl (C=O) groups is 1. The van der Waals surface area contributed by atoms with Gasteiger partial charge in [0, 0.05) is 25.8 Å². The molecule has 0 aromatic carbocycles. The van der Waals surface area contributed by atoms with Crippen LogP contribution in [0.1, 0.15) is 25.3 Å². The standard InChI is InChI=1S/C18H22N6O/c1-13-5-4-8-23(13)18-15-10-24(14-6-3-7-19-9-14)16(25)11-22(2)17(15)20-12-21-18/h3,6-7,9,12-13H,4-5,8,10-11H2,1-2H3. The van der Waals surface area contributed by atoms with Crippen LogP contribution in [0, 0.1) is 0 Å². The Morgan fingerprint density at radius 2 is 2.04 bits per heavy atom. The predicted molar refractivity (Wildman–Crippen MR) is 96.8 cm³/mol. The highest BCUT2D eigenvalue weighted by Crippen LogP contribution is 2.34. The summed E-state index contributed by atoms with van der Waals surface area (Å²) in [6.45, 7) is 3.97. The maximum Gasteiger partial charge on any atom is 0.246 e. The molecule has 0 saturated carbocycles. The van der Waals surface area contributed by atoms with E-state index in [1.165, 1.54) is 12.8 Å². The lowest BCUT2D eigenvalue weighted by Crippen LogP contribution is -2.36. The molecule has 0 spiro atoms. The number of rotatable bonds is 2. The SMILES string of the molecule is CC1CCCN1c1ncnc2c1CN(c1cccnc1)C(=O)CN2C. The van der Waals surface area contributed by atoms with Gasteiger partial charge in [0.05, 0.1) is 30.5 Å². The van der Waals surface area contributed by atoms with E-state index in [1.54, 1.807) is 23.6 Å². The van der Waals surface area contributed by atoms with E-state index in [4.69, 9.17) is 0 Å². The summed E-state index contributed by atoms with van der Waals surface area (Å²) < 4.78 is 0. The highest BCUT2D eigenvalue weighted by atomic mass is 16.2. The molecule has 0 N–H and O–H groups in total. The van der Waals surface area contributed by atoms with Gasteiger partial charge in [-0.15, -0.1) is 0 Å². The molecular weight excluding hydrogens is 316 g/mol. The van der Waals surface area contributed by atoms with Crippen molar-refractivity contribution in [3.63, 3.8) is 0 Å². The minimum Gasteiger partial charge on any atom is -0.353 e. The number of pyridine rings is 1. The second-order valence-electron chi connectivity index (χ2n) is 6.73. The number of hydrogen-bond acceptors (Lipinski definition) is 6. The minimum atomic E-state index is 0.0360. The molecule has 0 aliphatic carbocycles. The predicted octanol–water partition coefficient (Wildman–Crippen LogP) is 1.84. The molecule has 0 radical (unpaired) electrons. The van der Waals surface area contributed by atoms with Gasteiger partial charge >= 0.3 is 0 Å². The summed E-state index contributed by atoms with van der Waals surface area (Å²) >= 11 is 0. The molecule has 1 saturated heterocycles. The molecule has 2 aliphatic heterocycles. The molecule has 2 aromatic heterocycles. The van der Waals surface area contributed by atoms with E-state index in [1.807, 2.05) is 24.1 Å². The Labute approximate surface area is 147 Å². The molecule has 1 amide bonds. The molecular formula is C18H22N6O. The van der Waals surface area contributed by atoms with E-state index >= 15 is 0 Å². The van der Waals surface area contributed by atoms with Crippen LogP contribution in [0.25, 0.3) is 0 Å². The molecule has 0 bridgehead atoms. The first-order valence-corrected chi connectivity index (χ1v) is 8.67. The van der Waals surface area contributed by atoms with Gasteiger partial charge in [0.2, 0.25) is 5.91 Å². The number of anilines is 3. The molecule has 130 valence electrons. The third-order valence-corrected chi connectivity index (χ3v) is 5.03. The molecule has 7 nitrogen and oxygen atoms in total. The summed E-state index contributed by atoms with van der Waals surface area (Å²) in [5, 5.41) is 0. The van der Waals surface area contributed by atoms with Gasteiger partial charge in [-0.2, -0.15) is 0 Å². The quantitative estimate of drug-likeness (QED) is 0.832. The van der Waals surface area contributed by atoms with Gasteiger partial charge in [-0.25, -0.2) is 9.97 Å². The zero-order valence-corrected chi connectivity index (χ0v) is 14.6. The Hall–Kier alpha value is -2.70. The lowest BCUT2D eigenvalue weighted by molar-refractivity contribution is -0.117. The smallest absolute Gasteiger partial charge is 0.246 e. The Morgan fingerprint density at radius 3 is 2.76 bits per heavy atom. The topological polar surface area (TPSA) is 65.5 Å². The molecule has 25 heavy (non-hydrogen) atoms. The van der Waals surface area contributed by atoms with Gasteiger partial charge in [0.1, 0.15) is 18.0 Å². The van der Waals surface area contributed by atoms with Crippen molar-refractivity contribution in [2.45, 2.75) is 32.4 Å². The fourth-order valence-electron chi connectivity index (χ4n) is 3.72. The van der Waals surface area contributed by atoms with Crippen molar-refractivity contribution in [2.24, 2.45) is 0 Å². The van der Waals surface area contributed by atoms with Crippen LogP contribution in [0.3, 0.4) is 0 Å². The van der Waals surface area contributed by atoms with Crippen molar-refractivity contribution in [3.05, 3.63) is 36.4 Å². The third-order valence-electron chi connectivity index (χ3n) is 5.03. The summed E-state index contributed by atoms with van der Waals surface area (Å²) in [6, 6.07) is 4.22. The van der Waals surface area contributed by atoms with Crippen LogP contribution >= 0.6 is 0 Å². The van der Waals surface area contributed by atoms with Gasteiger partial charge in [-0.1, -0.05) is 0 Å². The van der Waals surface area contributed by atoms with E-state index in [2.05, 4.69) is 26.8 Å². The maximum atomic E-state index is 12.8. The Balaban J connectivity index is 1.79. The van der Waals surface area contributed by atoms with E-state index in [0.29, 0.717) is 12.6 Å². The van der Waals surface area contributed by atoms with Crippen LogP contribution < -0.4 is 14.7 Å². The number of amides is 1. The summed E-state index contributed by atoms with van der Waals surface area (Å²) in [5.74, 6) is 1.82. The highest BCUT2D eigenvalue weighted by Gasteiger charge is 2.31. The number of fused-ring (bicyclic) bond motifs is 1. The minimum absolute atomic E-state index is 0.0360. The van der Waals surface area contributed by atoms with Crippen molar-refractivity contribution in [1.29, 1.82) is 0 Å². The number of hydrogen-bond donors (Lipinski definition) is 0. The zero-order valence-electron chi connectivity index (χ0n) is 14.6. The molecule has 1 fully saturated rings. The highest BCUT2D eigenvalue weighted by molar-refractivity contribution is 5.97. The second-order valence-corrected chi connectivity index (χ2v) is 6.73. The van der Waals surface area contributed by atoms with Gasteiger partial charge in [-0.3, -0.25) is 9.78 Å². The molecule has 2 aromatic rings. The largest absolute Gasteiger partial charge is 0.353 e. The lowest BCUT2D eigenvalue weighted by Gasteiger charge is -2.27. The van der Waals surface area contributed by atoms with Gasteiger partial charge in [0.25, 0.3) is 0 Å². The van der Waals surface area contributed by atoms with Crippen LogP contribution in [-0.4, -0.2) is 47.0 Å². The fourth-order valence-corrected chi connectivity index (χ4v) is 3.72. The fraction of sp³-hybridized carbons (Fsp3) is 0.444. The van der Waals surface area contributed by atoms with E-state index < -0.39 is 0 Å². The lowest BCUT2D eigenvalue weighted by atomic mass is 10.2. The molecule has 4 heterocycles. The molecule has 7 heteroatoms. The third kappa shape index (κ3) is 2.79. The average Bonchev–Trinajstić information content (AvgIpc) is 3.00. The van der Waals surface area contributed by atoms with E-state index in [-0.39, 0.29) is 12.5 Å². The van der Waals surface area contributed by atoms with Gasteiger partial charge in [0.15, 0.2) is 0 Å². The van der Waals surface area contributed by atoms with Crippen LogP contribution in [0.5, 0.6) is 0 Å². The van der Waals surface area contributed by atoms with Crippen LogP contribution in [0.15, 0.2) is 30.9 Å². The normalized spacial score (nSPS) is 20.6. The number of aromatic nitrogens is 3. The van der Waals surface area contributed by atoms with E-state index in [0.717, 1.165) is 29.4 Å². The number of nitrogens with zero attached hydrogens (tertiary/aromatic N) is 6. The molecule has 1 unspecified atom stereocenters. The Kier molecular flexibility index (Phi) is 3.99. The van der Waals surface area contributed by atoms with Crippen molar-refractivity contribution in [2.75, 3.05) is 34.8 Å². The van der Waals surface area contributed by atoms with Crippen molar-refractivity contribution in [1.82, 2.24) is 15.0 Å². The van der Waals surface area contributed by atoms with Crippen LogP contribution in [-0.2, 0) is 11.3 Å². The molecule has 1 atom stereocenters.